The van der Waals surface area contributed by atoms with Crippen molar-refractivity contribution in [2.45, 2.75) is 59.2 Å². The van der Waals surface area contributed by atoms with Crippen LogP contribution in [0.5, 0.6) is 0 Å². The van der Waals surface area contributed by atoms with E-state index in [2.05, 4.69) is 56.5 Å². The smallest absolute Gasteiger partial charge is 0.263 e. The van der Waals surface area contributed by atoms with E-state index in [-0.39, 0.29) is 11.1 Å². The summed E-state index contributed by atoms with van der Waals surface area (Å²) in [4.78, 5) is 22.4. The number of fused-ring (bicyclic) bond motifs is 1. The maximum absolute atomic E-state index is 12.4. The predicted octanol–water partition coefficient (Wildman–Crippen LogP) is 3.72. The molecule has 1 fully saturated rings. The summed E-state index contributed by atoms with van der Waals surface area (Å²) < 4.78 is 1.79. The van der Waals surface area contributed by atoms with Crippen molar-refractivity contribution < 1.29 is 0 Å². The number of piperidine rings is 1. The van der Waals surface area contributed by atoms with E-state index >= 15 is 0 Å². The lowest BCUT2D eigenvalue weighted by Crippen LogP contribution is -2.32. The summed E-state index contributed by atoms with van der Waals surface area (Å²) in [5.41, 5.74) is 2.67. The molecule has 4 rings (SSSR count). The fraction of sp³-hybridized carbons (Fsp3) is 0.522. The van der Waals surface area contributed by atoms with Crippen LogP contribution in [0.25, 0.3) is 11.0 Å². The van der Waals surface area contributed by atoms with Gasteiger partial charge in [-0.05, 0) is 63.7 Å². The van der Waals surface area contributed by atoms with Crippen molar-refractivity contribution in [3.8, 4) is 0 Å². The number of anilines is 1. The lowest BCUT2D eigenvalue weighted by Gasteiger charge is -2.30. The molecule has 3 aromatic rings. The second-order valence-electron chi connectivity index (χ2n) is 9.51. The Morgan fingerprint density at radius 3 is 2.47 bits per heavy atom. The maximum atomic E-state index is 12.4. The van der Waals surface area contributed by atoms with Gasteiger partial charge < -0.3 is 5.32 Å². The average Bonchev–Trinajstić information content (AvgIpc) is 3.14. The Hall–Kier alpha value is -2.67. The summed E-state index contributed by atoms with van der Waals surface area (Å²) in [7, 11) is 0. The highest BCUT2D eigenvalue weighted by Gasteiger charge is 2.20. The number of rotatable bonds is 5. The van der Waals surface area contributed by atoms with Crippen molar-refractivity contribution in [3.05, 3.63) is 51.9 Å². The highest BCUT2D eigenvalue weighted by Crippen LogP contribution is 2.20. The Labute approximate surface area is 177 Å². The lowest BCUT2D eigenvalue weighted by atomic mass is 9.99. The third-order valence-corrected chi connectivity index (χ3v) is 5.84. The standard InChI is InChI=1S/C23H32N6O/c1-16-9-11-28(12-10-16)15-18-7-5-17(6-8-18)13-24-22-26-20-19(21(30)27-22)14-25-29(20)23(2,3)4/h5-8,14,16H,9-13,15H2,1-4H3,(H2,24,26,27,30). The van der Waals surface area contributed by atoms with Gasteiger partial charge in [0.2, 0.25) is 5.95 Å². The largest absolute Gasteiger partial charge is 0.352 e. The summed E-state index contributed by atoms with van der Waals surface area (Å²) in [5, 5.41) is 8.11. The Balaban J connectivity index is 1.42. The highest BCUT2D eigenvalue weighted by molar-refractivity contribution is 5.74. The first-order valence-corrected chi connectivity index (χ1v) is 10.8. The zero-order chi connectivity index (χ0) is 21.3. The molecule has 0 spiro atoms. The van der Waals surface area contributed by atoms with Crippen molar-refractivity contribution >= 4 is 17.0 Å². The van der Waals surface area contributed by atoms with Crippen LogP contribution in [0.1, 0.15) is 51.7 Å². The summed E-state index contributed by atoms with van der Waals surface area (Å²) in [6.45, 7) is 12.5. The molecule has 3 heterocycles. The Kier molecular flexibility index (Phi) is 5.64. The normalized spacial score (nSPS) is 16.3. The quantitative estimate of drug-likeness (QED) is 0.673. The van der Waals surface area contributed by atoms with Crippen molar-refractivity contribution in [1.82, 2.24) is 24.6 Å². The number of benzene rings is 1. The third kappa shape index (κ3) is 4.56. The monoisotopic (exact) mass is 408 g/mol. The average molecular weight is 409 g/mol. The van der Waals surface area contributed by atoms with E-state index in [4.69, 9.17) is 0 Å². The van der Waals surface area contributed by atoms with Crippen LogP contribution in [0.3, 0.4) is 0 Å². The van der Waals surface area contributed by atoms with E-state index in [1.54, 1.807) is 10.9 Å². The number of nitrogens with one attached hydrogen (secondary N) is 2. The van der Waals surface area contributed by atoms with Gasteiger partial charge in [0.15, 0.2) is 5.65 Å². The number of aromatic amines is 1. The molecule has 30 heavy (non-hydrogen) atoms. The van der Waals surface area contributed by atoms with Gasteiger partial charge in [0.05, 0.1) is 11.7 Å². The molecule has 0 amide bonds. The molecule has 2 N–H and O–H groups in total. The molecule has 0 bridgehead atoms. The summed E-state index contributed by atoms with van der Waals surface area (Å²) in [6, 6.07) is 8.68. The Morgan fingerprint density at radius 1 is 1.13 bits per heavy atom. The van der Waals surface area contributed by atoms with E-state index in [0.29, 0.717) is 23.5 Å². The zero-order valence-electron chi connectivity index (χ0n) is 18.4. The van der Waals surface area contributed by atoms with E-state index in [9.17, 15) is 4.79 Å². The van der Waals surface area contributed by atoms with Gasteiger partial charge in [-0.1, -0.05) is 31.2 Å². The number of hydrogen-bond acceptors (Lipinski definition) is 5. The molecule has 160 valence electrons. The molecule has 1 aliphatic rings. The maximum Gasteiger partial charge on any atom is 0.263 e. The molecule has 1 aliphatic heterocycles. The lowest BCUT2D eigenvalue weighted by molar-refractivity contribution is 0.185. The third-order valence-electron chi connectivity index (χ3n) is 5.84. The summed E-state index contributed by atoms with van der Waals surface area (Å²) >= 11 is 0. The SMILES string of the molecule is CC1CCN(Cc2ccc(CNc3nc4c(cnn4C(C)(C)C)c(=O)[nH]3)cc2)CC1. The number of likely N-dealkylation sites (tertiary alicyclic amines) is 1. The minimum Gasteiger partial charge on any atom is -0.352 e. The summed E-state index contributed by atoms with van der Waals surface area (Å²) in [6.07, 6.45) is 4.18. The molecule has 7 heteroatoms. The van der Waals surface area contributed by atoms with Crippen LogP contribution in [0.2, 0.25) is 0 Å². The molecule has 1 aromatic carbocycles. The van der Waals surface area contributed by atoms with Crippen molar-refractivity contribution in [2.75, 3.05) is 18.4 Å². The van der Waals surface area contributed by atoms with Gasteiger partial charge in [-0.15, -0.1) is 0 Å². The van der Waals surface area contributed by atoms with Gasteiger partial charge in [-0.2, -0.15) is 10.1 Å². The molecule has 0 unspecified atom stereocenters. The zero-order valence-corrected chi connectivity index (χ0v) is 18.4. The second-order valence-corrected chi connectivity index (χ2v) is 9.51. The minimum absolute atomic E-state index is 0.177. The first-order chi connectivity index (χ1) is 14.3. The second kappa shape index (κ2) is 8.22. The van der Waals surface area contributed by atoms with E-state index in [0.717, 1.165) is 18.0 Å². The van der Waals surface area contributed by atoms with E-state index in [1.807, 2.05) is 20.8 Å². The molecule has 0 saturated carbocycles. The summed E-state index contributed by atoms with van der Waals surface area (Å²) in [5.74, 6) is 1.32. The van der Waals surface area contributed by atoms with Gasteiger partial charge in [-0.25, -0.2) is 4.68 Å². The van der Waals surface area contributed by atoms with Crippen LogP contribution in [-0.4, -0.2) is 37.7 Å². The van der Waals surface area contributed by atoms with Crippen LogP contribution in [0.15, 0.2) is 35.3 Å². The first kappa shape index (κ1) is 20.6. The van der Waals surface area contributed by atoms with Crippen LogP contribution >= 0.6 is 0 Å². The molecule has 2 aromatic heterocycles. The number of hydrogen-bond donors (Lipinski definition) is 2. The van der Waals surface area contributed by atoms with Crippen molar-refractivity contribution in [2.24, 2.45) is 5.92 Å². The Bertz CT molecular complexity index is 1050. The van der Waals surface area contributed by atoms with Crippen LogP contribution in [-0.2, 0) is 18.6 Å². The Morgan fingerprint density at radius 2 is 1.80 bits per heavy atom. The molecule has 0 atom stereocenters. The fourth-order valence-electron chi connectivity index (χ4n) is 3.92. The first-order valence-electron chi connectivity index (χ1n) is 10.8. The van der Waals surface area contributed by atoms with E-state index < -0.39 is 0 Å². The molecule has 1 saturated heterocycles. The number of H-pyrrole nitrogens is 1. The van der Waals surface area contributed by atoms with E-state index in [1.165, 1.54) is 31.5 Å². The molecule has 0 aliphatic carbocycles. The van der Waals surface area contributed by atoms with Crippen molar-refractivity contribution in [1.29, 1.82) is 0 Å². The minimum atomic E-state index is -0.248. The van der Waals surface area contributed by atoms with Crippen LogP contribution < -0.4 is 10.9 Å². The van der Waals surface area contributed by atoms with Gasteiger partial charge >= 0.3 is 0 Å². The fourth-order valence-corrected chi connectivity index (χ4v) is 3.92. The molecule has 0 radical (unpaired) electrons. The van der Waals surface area contributed by atoms with Crippen molar-refractivity contribution in [3.63, 3.8) is 0 Å². The highest BCUT2D eigenvalue weighted by atomic mass is 16.1. The number of nitrogens with zero attached hydrogens (tertiary/aromatic N) is 4. The van der Waals surface area contributed by atoms with Gasteiger partial charge in [0.1, 0.15) is 5.39 Å². The number of aromatic nitrogens is 4. The predicted molar refractivity (Wildman–Crippen MR) is 121 cm³/mol. The molecular weight excluding hydrogens is 376 g/mol. The van der Waals surface area contributed by atoms with Gasteiger partial charge in [0, 0.05) is 13.1 Å². The van der Waals surface area contributed by atoms with Crippen LogP contribution in [0.4, 0.5) is 5.95 Å². The van der Waals surface area contributed by atoms with Crippen LogP contribution in [0, 0.1) is 5.92 Å². The topological polar surface area (TPSA) is 78.8 Å². The van der Waals surface area contributed by atoms with Gasteiger partial charge in [-0.3, -0.25) is 14.7 Å². The molecular formula is C23H32N6O. The van der Waals surface area contributed by atoms with Gasteiger partial charge in [0.25, 0.3) is 5.56 Å². The molecule has 7 nitrogen and oxygen atoms in total.